The van der Waals surface area contributed by atoms with Gasteiger partial charge in [-0.15, -0.1) is 0 Å². The molecule has 140 valence electrons. The fourth-order valence-electron chi connectivity index (χ4n) is 4.29. The number of ether oxygens (including phenoxy) is 1. The van der Waals surface area contributed by atoms with Crippen LogP contribution < -0.4 is 4.74 Å². The SMILES string of the molecule is C=CCOc1ccc2c(F)c(C3CCC(CCCCC)CC3)ccc2c1. The molecular weight excluding hydrogens is 323 g/mol. The van der Waals surface area contributed by atoms with Crippen LogP contribution in [0.25, 0.3) is 10.8 Å². The Labute approximate surface area is 157 Å². The summed E-state index contributed by atoms with van der Waals surface area (Å²) >= 11 is 0. The van der Waals surface area contributed by atoms with Gasteiger partial charge in [0, 0.05) is 5.39 Å². The highest BCUT2D eigenvalue weighted by Crippen LogP contribution is 2.40. The Morgan fingerprint density at radius 1 is 1.12 bits per heavy atom. The molecule has 0 heterocycles. The van der Waals surface area contributed by atoms with Crippen molar-refractivity contribution in [3.05, 3.63) is 54.4 Å². The number of halogens is 1. The first-order valence-electron chi connectivity index (χ1n) is 10.2. The second kappa shape index (κ2) is 9.21. The maximum atomic E-state index is 15.1. The molecule has 0 aliphatic heterocycles. The molecule has 1 aliphatic carbocycles. The van der Waals surface area contributed by atoms with E-state index in [1.54, 1.807) is 6.08 Å². The van der Waals surface area contributed by atoms with Gasteiger partial charge < -0.3 is 4.74 Å². The number of hydrogen-bond donors (Lipinski definition) is 0. The summed E-state index contributed by atoms with van der Waals surface area (Å²) < 4.78 is 20.7. The van der Waals surface area contributed by atoms with Gasteiger partial charge in [0.15, 0.2) is 0 Å². The average Bonchev–Trinajstić information content (AvgIpc) is 2.67. The van der Waals surface area contributed by atoms with Gasteiger partial charge in [0.25, 0.3) is 0 Å². The Bertz CT molecular complexity index is 728. The third kappa shape index (κ3) is 4.47. The topological polar surface area (TPSA) is 9.23 Å². The van der Waals surface area contributed by atoms with Crippen molar-refractivity contribution in [1.82, 2.24) is 0 Å². The van der Waals surface area contributed by atoms with E-state index in [1.165, 1.54) is 38.5 Å². The van der Waals surface area contributed by atoms with Crippen LogP contribution in [0.5, 0.6) is 5.75 Å². The van der Waals surface area contributed by atoms with Crippen molar-refractivity contribution in [3.8, 4) is 5.75 Å². The Morgan fingerprint density at radius 3 is 2.65 bits per heavy atom. The van der Waals surface area contributed by atoms with Crippen LogP contribution in [-0.4, -0.2) is 6.61 Å². The fourth-order valence-corrected chi connectivity index (χ4v) is 4.29. The molecule has 3 rings (SSSR count). The first-order chi connectivity index (χ1) is 12.7. The number of rotatable bonds is 8. The summed E-state index contributed by atoms with van der Waals surface area (Å²) in [6.45, 7) is 6.38. The molecule has 0 saturated heterocycles. The van der Waals surface area contributed by atoms with Crippen molar-refractivity contribution in [2.75, 3.05) is 6.61 Å². The van der Waals surface area contributed by atoms with E-state index in [9.17, 15) is 0 Å². The maximum absolute atomic E-state index is 15.1. The lowest BCUT2D eigenvalue weighted by Crippen LogP contribution is -2.14. The molecule has 0 aromatic heterocycles. The van der Waals surface area contributed by atoms with E-state index in [-0.39, 0.29) is 5.82 Å². The second-order valence-electron chi connectivity index (χ2n) is 7.66. The lowest BCUT2D eigenvalue weighted by molar-refractivity contribution is 0.299. The van der Waals surface area contributed by atoms with Crippen LogP contribution in [0.15, 0.2) is 43.0 Å². The van der Waals surface area contributed by atoms with Gasteiger partial charge in [-0.25, -0.2) is 4.39 Å². The molecule has 2 heteroatoms. The first kappa shape index (κ1) is 18.9. The van der Waals surface area contributed by atoms with E-state index in [0.29, 0.717) is 17.9 Å². The van der Waals surface area contributed by atoms with E-state index < -0.39 is 0 Å². The van der Waals surface area contributed by atoms with Gasteiger partial charge in [0.1, 0.15) is 18.2 Å². The normalized spacial score (nSPS) is 20.2. The predicted molar refractivity (Wildman–Crippen MR) is 108 cm³/mol. The van der Waals surface area contributed by atoms with E-state index >= 15 is 4.39 Å². The van der Waals surface area contributed by atoms with Crippen LogP contribution >= 0.6 is 0 Å². The quantitative estimate of drug-likeness (QED) is 0.354. The Morgan fingerprint density at radius 2 is 1.92 bits per heavy atom. The molecule has 0 spiro atoms. The highest BCUT2D eigenvalue weighted by Gasteiger charge is 2.24. The van der Waals surface area contributed by atoms with Crippen molar-refractivity contribution >= 4 is 10.8 Å². The summed E-state index contributed by atoms with van der Waals surface area (Å²) in [5.41, 5.74) is 0.907. The highest BCUT2D eigenvalue weighted by atomic mass is 19.1. The summed E-state index contributed by atoms with van der Waals surface area (Å²) in [5.74, 6) is 1.95. The zero-order valence-electron chi connectivity index (χ0n) is 16.0. The van der Waals surface area contributed by atoms with Gasteiger partial charge in [-0.2, -0.15) is 0 Å². The highest BCUT2D eigenvalue weighted by molar-refractivity contribution is 5.85. The average molecular weight is 355 g/mol. The van der Waals surface area contributed by atoms with Crippen molar-refractivity contribution < 1.29 is 9.13 Å². The number of unbranched alkanes of at least 4 members (excludes halogenated alkanes) is 2. The van der Waals surface area contributed by atoms with Gasteiger partial charge in [-0.3, -0.25) is 0 Å². The van der Waals surface area contributed by atoms with E-state index in [0.717, 1.165) is 35.5 Å². The molecule has 1 aliphatic rings. The molecule has 0 atom stereocenters. The molecule has 0 bridgehead atoms. The van der Waals surface area contributed by atoms with Crippen molar-refractivity contribution in [2.45, 2.75) is 64.2 Å². The Hall–Kier alpha value is -1.83. The van der Waals surface area contributed by atoms with Crippen LogP contribution in [0.4, 0.5) is 4.39 Å². The van der Waals surface area contributed by atoms with Crippen LogP contribution in [0.1, 0.15) is 69.8 Å². The second-order valence-corrected chi connectivity index (χ2v) is 7.66. The van der Waals surface area contributed by atoms with Crippen LogP contribution in [-0.2, 0) is 0 Å². The molecule has 0 amide bonds. The minimum absolute atomic E-state index is 0.0350. The monoisotopic (exact) mass is 354 g/mol. The maximum Gasteiger partial charge on any atom is 0.134 e. The van der Waals surface area contributed by atoms with E-state index in [2.05, 4.69) is 13.5 Å². The summed E-state index contributed by atoms with van der Waals surface area (Å²) in [5, 5.41) is 1.61. The first-order valence-corrected chi connectivity index (χ1v) is 10.2. The van der Waals surface area contributed by atoms with Gasteiger partial charge in [0.05, 0.1) is 0 Å². The minimum Gasteiger partial charge on any atom is -0.490 e. The Kier molecular flexibility index (Phi) is 6.71. The molecular formula is C24H31FO. The molecule has 0 N–H and O–H groups in total. The van der Waals surface area contributed by atoms with Gasteiger partial charge >= 0.3 is 0 Å². The number of fused-ring (bicyclic) bond motifs is 1. The third-order valence-corrected chi connectivity index (χ3v) is 5.83. The largest absolute Gasteiger partial charge is 0.490 e. The molecule has 1 nitrogen and oxygen atoms in total. The summed E-state index contributed by atoms with van der Waals surface area (Å²) in [6, 6.07) is 9.65. The lowest BCUT2D eigenvalue weighted by atomic mass is 9.76. The third-order valence-electron chi connectivity index (χ3n) is 5.83. The molecule has 0 unspecified atom stereocenters. The van der Waals surface area contributed by atoms with Crippen LogP contribution in [0.2, 0.25) is 0 Å². The van der Waals surface area contributed by atoms with Gasteiger partial charge in [-0.1, -0.05) is 57.4 Å². The Balaban J connectivity index is 1.69. The van der Waals surface area contributed by atoms with Crippen LogP contribution in [0.3, 0.4) is 0 Å². The van der Waals surface area contributed by atoms with Crippen molar-refractivity contribution in [3.63, 3.8) is 0 Å². The fraction of sp³-hybridized carbons (Fsp3) is 0.500. The standard InChI is InChI=1S/C24H31FO/c1-3-5-6-7-18-8-10-19(11-9-18)22-14-12-20-17-21(26-16-4-2)13-15-23(20)24(22)25/h4,12-15,17-19H,2-3,5-11,16H2,1H3. The zero-order chi connectivity index (χ0) is 18.4. The summed E-state index contributed by atoms with van der Waals surface area (Å²) in [4.78, 5) is 0. The molecule has 2 aromatic rings. The van der Waals surface area contributed by atoms with Crippen LogP contribution in [0, 0.1) is 11.7 Å². The number of hydrogen-bond acceptors (Lipinski definition) is 1. The van der Waals surface area contributed by atoms with Gasteiger partial charge in [0.2, 0.25) is 0 Å². The lowest BCUT2D eigenvalue weighted by Gasteiger charge is -2.29. The molecule has 1 saturated carbocycles. The summed E-state index contributed by atoms with van der Waals surface area (Å²) in [6.07, 6.45) is 11.8. The molecule has 1 fully saturated rings. The summed E-state index contributed by atoms with van der Waals surface area (Å²) in [7, 11) is 0. The van der Waals surface area contributed by atoms with Gasteiger partial charge in [-0.05, 0) is 66.7 Å². The predicted octanol–water partition coefficient (Wildman–Crippen LogP) is 7.40. The minimum atomic E-state index is -0.0350. The zero-order valence-corrected chi connectivity index (χ0v) is 16.0. The smallest absolute Gasteiger partial charge is 0.134 e. The number of benzene rings is 2. The van der Waals surface area contributed by atoms with Crippen molar-refractivity contribution in [1.29, 1.82) is 0 Å². The molecule has 26 heavy (non-hydrogen) atoms. The molecule has 2 aromatic carbocycles. The van der Waals surface area contributed by atoms with Crippen molar-refractivity contribution in [2.24, 2.45) is 5.92 Å². The molecule has 0 radical (unpaired) electrons. The van der Waals surface area contributed by atoms with E-state index in [4.69, 9.17) is 4.74 Å². The van der Waals surface area contributed by atoms with E-state index in [1.807, 2.05) is 30.3 Å².